The van der Waals surface area contributed by atoms with Crippen LogP contribution in [-0.4, -0.2) is 23.3 Å². The first kappa shape index (κ1) is 20.4. The number of halogens is 2. The molecule has 0 fully saturated rings. The maximum absolute atomic E-state index is 13.9. The minimum absolute atomic E-state index is 0.0806. The molecule has 0 aliphatic carbocycles. The van der Waals surface area contributed by atoms with Crippen LogP contribution in [0.2, 0.25) is 5.02 Å². The second-order valence-corrected chi connectivity index (χ2v) is 8.13. The van der Waals surface area contributed by atoms with Crippen molar-refractivity contribution in [3.8, 4) is 0 Å². The number of hydrogen-bond donors (Lipinski definition) is 1. The van der Waals surface area contributed by atoms with Crippen molar-refractivity contribution in [3.05, 3.63) is 77.2 Å². The molecule has 0 radical (unpaired) electrons. The van der Waals surface area contributed by atoms with Crippen molar-refractivity contribution in [2.75, 3.05) is 16.8 Å². The van der Waals surface area contributed by atoms with E-state index in [9.17, 15) is 14.0 Å². The van der Waals surface area contributed by atoms with Crippen molar-refractivity contribution in [2.24, 2.45) is 0 Å². The number of nitrogens with zero attached hydrogens (tertiary/aromatic N) is 2. The minimum Gasteiger partial charge on any atom is -0.324 e. The highest BCUT2D eigenvalue weighted by Crippen LogP contribution is 2.40. The second-order valence-electron chi connectivity index (χ2n) is 6.66. The summed E-state index contributed by atoms with van der Waals surface area (Å²) in [6, 6.07) is 15.2. The van der Waals surface area contributed by atoms with Crippen LogP contribution in [-0.2, 0) is 4.79 Å². The number of benzene rings is 2. The Labute approximate surface area is 182 Å². The number of aromatic nitrogens is 1. The van der Waals surface area contributed by atoms with Crippen molar-refractivity contribution < 1.29 is 14.0 Å². The Bertz CT molecular complexity index is 1130. The summed E-state index contributed by atoms with van der Waals surface area (Å²) in [6.07, 6.45) is 2.22. The van der Waals surface area contributed by atoms with E-state index in [0.29, 0.717) is 23.6 Å². The zero-order valence-corrected chi connectivity index (χ0v) is 17.3. The van der Waals surface area contributed by atoms with Gasteiger partial charge in [0.05, 0.1) is 16.9 Å². The first-order chi connectivity index (χ1) is 14.5. The van der Waals surface area contributed by atoms with Crippen LogP contribution < -0.4 is 10.2 Å². The summed E-state index contributed by atoms with van der Waals surface area (Å²) >= 11 is 7.18. The van der Waals surface area contributed by atoms with Crippen LogP contribution in [0.5, 0.6) is 0 Å². The molecule has 0 spiro atoms. The van der Waals surface area contributed by atoms with Crippen molar-refractivity contribution in [1.82, 2.24) is 4.98 Å². The van der Waals surface area contributed by atoms with Gasteiger partial charge in [0.15, 0.2) is 0 Å². The maximum atomic E-state index is 13.9. The third kappa shape index (κ3) is 4.32. The summed E-state index contributed by atoms with van der Waals surface area (Å²) in [6.45, 7) is 0.348. The number of fused-ring (bicyclic) bond motifs is 2. The third-order valence-corrected chi connectivity index (χ3v) is 5.92. The molecule has 3 aromatic rings. The molecule has 4 rings (SSSR count). The molecule has 0 unspecified atom stereocenters. The summed E-state index contributed by atoms with van der Waals surface area (Å²) in [4.78, 5) is 32.3. The summed E-state index contributed by atoms with van der Waals surface area (Å²) in [5.41, 5.74) is 1.40. The fourth-order valence-corrected chi connectivity index (χ4v) is 4.36. The van der Waals surface area contributed by atoms with Gasteiger partial charge in [-0.1, -0.05) is 35.5 Å². The zero-order valence-electron chi connectivity index (χ0n) is 15.8. The average molecular weight is 442 g/mol. The third-order valence-electron chi connectivity index (χ3n) is 4.60. The van der Waals surface area contributed by atoms with Gasteiger partial charge in [0.1, 0.15) is 10.8 Å². The summed E-state index contributed by atoms with van der Waals surface area (Å²) in [5.74, 6) is -1.07. The molecular weight excluding hydrogens is 425 g/mol. The van der Waals surface area contributed by atoms with E-state index in [1.807, 2.05) is 24.3 Å². The van der Waals surface area contributed by atoms with Crippen molar-refractivity contribution in [3.63, 3.8) is 0 Å². The SMILES string of the molecule is O=C(CCCN1C(=O)c2cccnc2Sc2ccccc21)Nc1ccc(Cl)cc1F. The molecule has 5 nitrogen and oxygen atoms in total. The Hall–Kier alpha value is -2.90. The lowest BCUT2D eigenvalue weighted by molar-refractivity contribution is -0.116. The Morgan fingerprint density at radius 1 is 1.17 bits per heavy atom. The Morgan fingerprint density at radius 3 is 2.83 bits per heavy atom. The summed E-state index contributed by atoms with van der Waals surface area (Å²) < 4.78 is 13.9. The lowest BCUT2D eigenvalue weighted by Crippen LogP contribution is -2.32. The molecule has 1 aromatic heterocycles. The first-order valence-corrected chi connectivity index (χ1v) is 10.5. The molecule has 1 aliphatic heterocycles. The van der Waals surface area contributed by atoms with Gasteiger partial charge in [0, 0.05) is 29.1 Å². The van der Waals surface area contributed by atoms with Crippen LogP contribution in [0.25, 0.3) is 0 Å². The molecule has 8 heteroatoms. The topological polar surface area (TPSA) is 62.3 Å². The molecule has 1 N–H and O–H groups in total. The standard InChI is InChI=1S/C22H17ClFN3O2S/c23-14-9-10-17(16(24)13-14)26-20(28)8-4-12-27-18-6-1-2-7-19(18)30-21-15(22(27)29)5-3-11-25-21/h1-3,5-7,9-11,13H,4,8,12H2,(H,26,28). The smallest absolute Gasteiger partial charge is 0.261 e. The fraction of sp³-hybridized carbons (Fsp3) is 0.136. The van der Waals surface area contributed by atoms with Crippen LogP contribution in [0.1, 0.15) is 23.2 Å². The minimum atomic E-state index is -0.589. The van der Waals surface area contributed by atoms with Gasteiger partial charge < -0.3 is 10.2 Å². The molecular formula is C22H17ClFN3O2S. The number of pyridine rings is 1. The number of carbonyl (C=O) groups excluding carboxylic acids is 2. The van der Waals surface area contributed by atoms with Crippen LogP contribution in [0.4, 0.5) is 15.8 Å². The molecule has 0 saturated heterocycles. The molecule has 0 saturated carbocycles. The highest BCUT2D eigenvalue weighted by molar-refractivity contribution is 7.99. The largest absolute Gasteiger partial charge is 0.324 e. The van der Waals surface area contributed by atoms with Gasteiger partial charge in [-0.25, -0.2) is 9.37 Å². The Kier molecular flexibility index (Phi) is 6.01. The zero-order chi connectivity index (χ0) is 21.1. The van der Waals surface area contributed by atoms with Crippen LogP contribution in [0, 0.1) is 5.82 Å². The van der Waals surface area contributed by atoms with E-state index < -0.39 is 5.82 Å². The predicted molar refractivity (Wildman–Crippen MR) is 116 cm³/mol. The van der Waals surface area contributed by atoms with E-state index >= 15 is 0 Å². The molecule has 2 heterocycles. The van der Waals surface area contributed by atoms with Crippen LogP contribution in [0.15, 0.2) is 70.7 Å². The maximum Gasteiger partial charge on any atom is 0.261 e. The van der Waals surface area contributed by atoms with Crippen LogP contribution in [0.3, 0.4) is 0 Å². The predicted octanol–water partition coefficient (Wildman–Crippen LogP) is 5.40. The number of para-hydroxylation sites is 1. The van der Waals surface area contributed by atoms with Gasteiger partial charge in [0.25, 0.3) is 5.91 Å². The second kappa shape index (κ2) is 8.85. The highest BCUT2D eigenvalue weighted by Gasteiger charge is 2.27. The summed E-state index contributed by atoms with van der Waals surface area (Å²) in [7, 11) is 0. The van der Waals surface area contributed by atoms with Gasteiger partial charge in [0.2, 0.25) is 5.91 Å². The van der Waals surface area contributed by atoms with E-state index in [1.165, 1.54) is 23.9 Å². The Balaban J connectivity index is 1.47. The Morgan fingerprint density at radius 2 is 2.00 bits per heavy atom. The lowest BCUT2D eigenvalue weighted by atomic mass is 10.2. The van der Waals surface area contributed by atoms with E-state index in [1.54, 1.807) is 23.2 Å². The molecule has 152 valence electrons. The number of rotatable bonds is 5. The fourth-order valence-electron chi connectivity index (χ4n) is 3.18. The van der Waals surface area contributed by atoms with Gasteiger partial charge in [-0.2, -0.15) is 0 Å². The normalized spacial score (nSPS) is 12.7. The van der Waals surface area contributed by atoms with Crippen molar-refractivity contribution in [2.45, 2.75) is 22.8 Å². The number of nitrogens with one attached hydrogen (secondary N) is 1. The highest BCUT2D eigenvalue weighted by atomic mass is 35.5. The van der Waals surface area contributed by atoms with Crippen molar-refractivity contribution in [1.29, 1.82) is 0 Å². The average Bonchev–Trinajstić information content (AvgIpc) is 2.85. The lowest BCUT2D eigenvalue weighted by Gasteiger charge is -2.22. The molecule has 30 heavy (non-hydrogen) atoms. The molecule has 0 bridgehead atoms. The number of anilines is 2. The van der Waals surface area contributed by atoms with Crippen LogP contribution >= 0.6 is 23.4 Å². The molecule has 0 atom stereocenters. The van der Waals surface area contributed by atoms with Crippen molar-refractivity contribution >= 4 is 46.6 Å². The van der Waals surface area contributed by atoms with Gasteiger partial charge in [-0.15, -0.1) is 0 Å². The van der Waals surface area contributed by atoms with E-state index in [0.717, 1.165) is 16.6 Å². The molecule has 2 aromatic carbocycles. The first-order valence-electron chi connectivity index (χ1n) is 9.31. The molecule has 1 aliphatic rings. The van der Waals surface area contributed by atoms with Gasteiger partial charge in [-0.05, 0) is 48.9 Å². The number of carbonyl (C=O) groups is 2. The van der Waals surface area contributed by atoms with E-state index in [-0.39, 0.29) is 28.9 Å². The summed E-state index contributed by atoms with van der Waals surface area (Å²) in [5, 5.41) is 3.46. The monoisotopic (exact) mass is 441 g/mol. The van der Waals surface area contributed by atoms with Gasteiger partial charge >= 0.3 is 0 Å². The quantitative estimate of drug-likeness (QED) is 0.575. The number of hydrogen-bond acceptors (Lipinski definition) is 4. The number of amides is 2. The van der Waals surface area contributed by atoms with E-state index in [2.05, 4.69) is 10.3 Å². The van der Waals surface area contributed by atoms with E-state index in [4.69, 9.17) is 11.6 Å². The van der Waals surface area contributed by atoms with Gasteiger partial charge in [-0.3, -0.25) is 9.59 Å². The molecule has 2 amide bonds.